The van der Waals surface area contributed by atoms with Gasteiger partial charge < -0.3 is 5.11 Å². The molecule has 0 atom stereocenters. The van der Waals surface area contributed by atoms with Gasteiger partial charge in [-0.05, 0) is 36.4 Å². The predicted octanol–water partition coefficient (Wildman–Crippen LogP) is 4.62. The Kier molecular flexibility index (Phi) is 4.52. The fourth-order valence-electron chi connectivity index (χ4n) is 1.57. The quantitative estimate of drug-likeness (QED) is 0.621. The number of aromatic hydroxyl groups is 1. The lowest BCUT2D eigenvalue weighted by atomic mass is 10.2. The first kappa shape index (κ1) is 15.4. The van der Waals surface area contributed by atoms with Crippen LogP contribution in [0.25, 0.3) is 0 Å². The second kappa shape index (κ2) is 6.17. The van der Waals surface area contributed by atoms with Crippen molar-refractivity contribution in [2.45, 2.75) is 6.18 Å². The first-order chi connectivity index (χ1) is 9.86. The molecule has 0 aliphatic rings. The van der Waals surface area contributed by atoms with Gasteiger partial charge in [-0.25, -0.2) is 0 Å². The van der Waals surface area contributed by atoms with E-state index in [0.29, 0.717) is 5.56 Å². The van der Waals surface area contributed by atoms with Crippen LogP contribution in [0.3, 0.4) is 0 Å². The standard InChI is InChI=1S/C14H10BrF3N2O/c15-11-4-5-13(21)9(6-11)8-19-20-12-3-1-2-10(7-12)14(16,17)18/h1-8,20-21H. The van der Waals surface area contributed by atoms with Crippen molar-refractivity contribution < 1.29 is 18.3 Å². The molecule has 0 saturated carbocycles. The van der Waals surface area contributed by atoms with Crippen molar-refractivity contribution in [1.29, 1.82) is 0 Å². The van der Waals surface area contributed by atoms with Gasteiger partial charge in [0.05, 0.1) is 17.5 Å². The molecule has 0 unspecified atom stereocenters. The average Bonchev–Trinajstić information content (AvgIpc) is 2.42. The highest BCUT2D eigenvalue weighted by Gasteiger charge is 2.30. The molecule has 2 N–H and O–H groups in total. The molecule has 0 aliphatic heterocycles. The molecule has 0 aliphatic carbocycles. The van der Waals surface area contributed by atoms with Crippen LogP contribution in [0.2, 0.25) is 0 Å². The van der Waals surface area contributed by atoms with Gasteiger partial charge in [0.2, 0.25) is 0 Å². The maximum Gasteiger partial charge on any atom is 0.416 e. The van der Waals surface area contributed by atoms with Crippen molar-refractivity contribution in [2.24, 2.45) is 5.10 Å². The fourth-order valence-corrected chi connectivity index (χ4v) is 1.95. The number of anilines is 1. The van der Waals surface area contributed by atoms with E-state index in [1.807, 2.05) is 0 Å². The van der Waals surface area contributed by atoms with Crippen molar-refractivity contribution in [3.05, 3.63) is 58.1 Å². The van der Waals surface area contributed by atoms with Gasteiger partial charge in [-0.2, -0.15) is 18.3 Å². The monoisotopic (exact) mass is 358 g/mol. The molecule has 2 aromatic rings. The molecule has 0 saturated heterocycles. The van der Waals surface area contributed by atoms with Crippen molar-refractivity contribution in [2.75, 3.05) is 5.43 Å². The molecule has 0 aromatic heterocycles. The molecule has 2 aromatic carbocycles. The fraction of sp³-hybridized carbons (Fsp3) is 0.0714. The Hall–Kier alpha value is -2.02. The second-order valence-electron chi connectivity index (χ2n) is 4.15. The Morgan fingerprint density at radius 2 is 1.90 bits per heavy atom. The Morgan fingerprint density at radius 1 is 1.14 bits per heavy atom. The Balaban J connectivity index is 2.13. The van der Waals surface area contributed by atoms with Crippen LogP contribution in [0.5, 0.6) is 5.75 Å². The first-order valence-electron chi connectivity index (χ1n) is 5.81. The zero-order valence-corrected chi connectivity index (χ0v) is 12.1. The minimum atomic E-state index is -4.40. The van der Waals surface area contributed by atoms with Gasteiger partial charge in [-0.3, -0.25) is 5.43 Å². The van der Waals surface area contributed by atoms with Crippen LogP contribution in [0.4, 0.5) is 18.9 Å². The number of alkyl halides is 3. The summed E-state index contributed by atoms with van der Waals surface area (Å²) in [5, 5.41) is 13.4. The third-order valence-corrected chi connectivity index (χ3v) is 3.07. The molecule has 0 heterocycles. The molecular formula is C14H10BrF3N2O. The summed E-state index contributed by atoms with van der Waals surface area (Å²) in [5.41, 5.74) is 2.38. The third kappa shape index (κ3) is 4.22. The lowest BCUT2D eigenvalue weighted by Crippen LogP contribution is -2.05. The lowest BCUT2D eigenvalue weighted by Gasteiger charge is -2.08. The van der Waals surface area contributed by atoms with E-state index in [9.17, 15) is 18.3 Å². The maximum absolute atomic E-state index is 12.5. The molecule has 0 amide bonds. The Labute approximate surface area is 127 Å². The summed E-state index contributed by atoms with van der Waals surface area (Å²) in [6.45, 7) is 0. The number of nitrogens with one attached hydrogen (secondary N) is 1. The molecule has 3 nitrogen and oxygen atoms in total. The van der Waals surface area contributed by atoms with E-state index in [1.54, 1.807) is 12.1 Å². The molecule has 7 heteroatoms. The largest absolute Gasteiger partial charge is 0.507 e. The van der Waals surface area contributed by atoms with Gasteiger partial charge in [-0.1, -0.05) is 22.0 Å². The Bertz CT molecular complexity index is 672. The van der Waals surface area contributed by atoms with E-state index in [2.05, 4.69) is 26.5 Å². The van der Waals surface area contributed by atoms with Crippen molar-refractivity contribution in [3.63, 3.8) is 0 Å². The molecule has 2 rings (SSSR count). The minimum Gasteiger partial charge on any atom is -0.507 e. The van der Waals surface area contributed by atoms with E-state index in [1.165, 1.54) is 24.4 Å². The summed E-state index contributed by atoms with van der Waals surface area (Å²) >= 11 is 3.25. The molecule has 21 heavy (non-hydrogen) atoms. The van der Waals surface area contributed by atoms with Crippen LogP contribution in [-0.2, 0) is 6.18 Å². The van der Waals surface area contributed by atoms with Gasteiger partial charge in [0, 0.05) is 10.0 Å². The molecule has 110 valence electrons. The van der Waals surface area contributed by atoms with E-state index < -0.39 is 11.7 Å². The van der Waals surface area contributed by atoms with Gasteiger partial charge in [0.25, 0.3) is 0 Å². The second-order valence-corrected chi connectivity index (χ2v) is 5.07. The Morgan fingerprint density at radius 3 is 2.62 bits per heavy atom. The number of halogens is 4. The number of benzene rings is 2. The SMILES string of the molecule is Oc1ccc(Br)cc1C=NNc1cccc(C(F)(F)F)c1. The summed E-state index contributed by atoms with van der Waals surface area (Å²) in [6.07, 6.45) is -3.08. The average molecular weight is 359 g/mol. The van der Waals surface area contributed by atoms with Crippen LogP contribution >= 0.6 is 15.9 Å². The maximum atomic E-state index is 12.5. The molecule has 0 radical (unpaired) electrons. The molecule has 0 fully saturated rings. The zero-order valence-electron chi connectivity index (χ0n) is 10.5. The molecular weight excluding hydrogens is 349 g/mol. The molecule has 0 spiro atoms. The van der Waals surface area contributed by atoms with Gasteiger partial charge >= 0.3 is 6.18 Å². The lowest BCUT2D eigenvalue weighted by molar-refractivity contribution is -0.137. The molecule has 0 bridgehead atoms. The number of nitrogens with zero attached hydrogens (tertiary/aromatic N) is 1. The highest BCUT2D eigenvalue weighted by atomic mass is 79.9. The normalized spacial score (nSPS) is 11.8. The summed E-state index contributed by atoms with van der Waals surface area (Å²) < 4.78 is 38.4. The van der Waals surface area contributed by atoms with Crippen molar-refractivity contribution in [3.8, 4) is 5.75 Å². The highest BCUT2D eigenvalue weighted by molar-refractivity contribution is 9.10. The summed E-state index contributed by atoms with van der Waals surface area (Å²) in [6, 6.07) is 9.47. The van der Waals surface area contributed by atoms with Crippen LogP contribution < -0.4 is 5.43 Å². The van der Waals surface area contributed by atoms with Crippen LogP contribution in [-0.4, -0.2) is 11.3 Å². The number of rotatable bonds is 3. The van der Waals surface area contributed by atoms with Crippen molar-refractivity contribution >= 4 is 27.8 Å². The number of hydrazone groups is 1. The van der Waals surface area contributed by atoms with Gasteiger partial charge in [0.15, 0.2) is 0 Å². The number of phenols is 1. The topological polar surface area (TPSA) is 44.6 Å². The number of phenolic OH excluding ortho intramolecular Hbond substituents is 1. The van der Waals surface area contributed by atoms with E-state index in [0.717, 1.165) is 16.6 Å². The van der Waals surface area contributed by atoms with E-state index >= 15 is 0 Å². The third-order valence-electron chi connectivity index (χ3n) is 2.58. The van der Waals surface area contributed by atoms with Gasteiger partial charge in [0.1, 0.15) is 5.75 Å². The van der Waals surface area contributed by atoms with Crippen LogP contribution in [0.15, 0.2) is 52.0 Å². The van der Waals surface area contributed by atoms with Crippen LogP contribution in [0, 0.1) is 0 Å². The summed E-state index contributed by atoms with van der Waals surface area (Å²) in [7, 11) is 0. The first-order valence-corrected chi connectivity index (χ1v) is 6.60. The predicted molar refractivity (Wildman–Crippen MR) is 78.5 cm³/mol. The van der Waals surface area contributed by atoms with Crippen LogP contribution in [0.1, 0.15) is 11.1 Å². The smallest absolute Gasteiger partial charge is 0.416 e. The summed E-state index contributed by atoms with van der Waals surface area (Å²) in [5.74, 6) is 0.0211. The summed E-state index contributed by atoms with van der Waals surface area (Å²) in [4.78, 5) is 0. The van der Waals surface area contributed by atoms with Gasteiger partial charge in [-0.15, -0.1) is 0 Å². The van der Waals surface area contributed by atoms with E-state index in [-0.39, 0.29) is 11.4 Å². The minimum absolute atomic E-state index is 0.0211. The number of hydrogen-bond acceptors (Lipinski definition) is 3. The highest BCUT2D eigenvalue weighted by Crippen LogP contribution is 2.30. The van der Waals surface area contributed by atoms with Crippen molar-refractivity contribution in [1.82, 2.24) is 0 Å². The number of hydrogen-bond donors (Lipinski definition) is 2. The zero-order chi connectivity index (χ0) is 15.5. The van der Waals surface area contributed by atoms with E-state index in [4.69, 9.17) is 0 Å².